The van der Waals surface area contributed by atoms with E-state index in [9.17, 15) is 9.90 Å². The molecule has 8 aromatic rings. The molecule has 50 heavy (non-hydrogen) atoms. The van der Waals surface area contributed by atoms with Crippen LogP contribution >= 0.6 is 23.2 Å². The summed E-state index contributed by atoms with van der Waals surface area (Å²) in [5.41, 5.74) is 4.18. The quantitative estimate of drug-likeness (QED) is 0.115. The average Bonchev–Trinajstić information content (AvgIpc) is 3.14. The molecular weight excluding hydrogens is 671 g/mol. The van der Waals surface area contributed by atoms with Gasteiger partial charge in [0.05, 0.1) is 30.3 Å². The van der Waals surface area contributed by atoms with Crippen LogP contribution in [0.3, 0.4) is 0 Å². The Kier molecular flexibility index (Phi) is 9.35. The van der Waals surface area contributed by atoms with E-state index in [4.69, 9.17) is 37.9 Å². The molecule has 11 heteroatoms. The van der Waals surface area contributed by atoms with E-state index >= 15 is 0 Å². The molecule has 0 aliphatic rings. The summed E-state index contributed by atoms with van der Waals surface area (Å²) >= 11 is 12.1. The number of rotatable bonds is 6. The number of para-hydroxylation sites is 2. The van der Waals surface area contributed by atoms with Gasteiger partial charge in [0.15, 0.2) is 0 Å². The van der Waals surface area contributed by atoms with E-state index in [1.165, 1.54) is 7.11 Å². The number of methoxy groups -OCH3 is 1. The maximum atomic E-state index is 12.2. The average molecular weight is 700 g/mol. The van der Waals surface area contributed by atoms with Crippen molar-refractivity contribution >= 4 is 95.5 Å². The molecule has 0 radical (unpaired) electrons. The van der Waals surface area contributed by atoms with Crippen molar-refractivity contribution in [3.05, 3.63) is 143 Å². The molecule has 9 nitrogen and oxygen atoms in total. The number of ether oxygens (including phenoxy) is 1. The van der Waals surface area contributed by atoms with Crippen molar-refractivity contribution < 1.29 is 14.6 Å². The molecule has 4 heterocycles. The van der Waals surface area contributed by atoms with Gasteiger partial charge in [0.2, 0.25) is 0 Å². The topological polar surface area (TPSA) is 122 Å². The summed E-state index contributed by atoms with van der Waals surface area (Å²) in [6.45, 7) is -0.0628. The molecule has 0 aliphatic carbocycles. The molecule has 246 valence electrons. The fourth-order valence-electron chi connectivity index (χ4n) is 5.80. The van der Waals surface area contributed by atoms with Crippen molar-refractivity contribution in [3.8, 4) is 0 Å². The number of anilines is 4. The molecule has 0 unspecified atom stereocenters. The standard InChI is InChI=1S/C20H14ClN3O2.C19H14ClN3O/c1-26-20(25)16-7-3-6-14-17-11-22-9-8-15(17)19(24-18(14)16)23-13-5-2-4-12(21)10-13;20-13-4-2-5-14(9-13)22-19-16-7-8-21-10-17(16)15-6-1-3-12(11-24)18(15)23-19/h2-11H,1H3,(H,23,24);1-10,24H,11H2,(H,22,23). The van der Waals surface area contributed by atoms with Crippen LogP contribution in [0.5, 0.6) is 0 Å². The fraction of sp³-hybridized carbons (Fsp3) is 0.0513. The normalized spacial score (nSPS) is 11.0. The number of fused-ring (bicyclic) bond motifs is 6. The minimum Gasteiger partial charge on any atom is -0.465 e. The lowest BCUT2D eigenvalue weighted by atomic mass is 10.0. The summed E-state index contributed by atoms with van der Waals surface area (Å²) in [6, 6.07) is 29.9. The number of aliphatic hydroxyl groups excluding tert-OH is 1. The van der Waals surface area contributed by atoms with Gasteiger partial charge in [0, 0.05) is 84.1 Å². The van der Waals surface area contributed by atoms with Gasteiger partial charge < -0.3 is 20.5 Å². The monoisotopic (exact) mass is 698 g/mol. The second kappa shape index (κ2) is 14.3. The maximum Gasteiger partial charge on any atom is 0.340 e. The Labute approximate surface area is 296 Å². The third-order valence-electron chi connectivity index (χ3n) is 8.09. The number of nitrogens with zero attached hydrogens (tertiary/aromatic N) is 4. The summed E-state index contributed by atoms with van der Waals surface area (Å²) in [5.74, 6) is 0.900. The second-order valence-corrected chi connectivity index (χ2v) is 12.1. The van der Waals surface area contributed by atoms with Crippen LogP contribution in [-0.4, -0.2) is 38.1 Å². The highest BCUT2D eigenvalue weighted by molar-refractivity contribution is 6.31. The first-order valence-corrected chi connectivity index (χ1v) is 16.2. The number of halogens is 2. The Hall–Kier alpha value is -5.87. The molecule has 0 spiro atoms. The van der Waals surface area contributed by atoms with Crippen molar-refractivity contribution in [1.29, 1.82) is 0 Å². The van der Waals surface area contributed by atoms with Gasteiger partial charge >= 0.3 is 5.97 Å². The Balaban J connectivity index is 0.000000157. The number of aromatic nitrogens is 4. The first-order chi connectivity index (χ1) is 24.4. The predicted molar refractivity (Wildman–Crippen MR) is 201 cm³/mol. The molecule has 0 bridgehead atoms. The van der Waals surface area contributed by atoms with E-state index in [0.717, 1.165) is 54.8 Å². The van der Waals surface area contributed by atoms with E-state index in [2.05, 4.69) is 20.6 Å². The summed E-state index contributed by atoms with van der Waals surface area (Å²) < 4.78 is 4.90. The van der Waals surface area contributed by atoms with E-state index in [-0.39, 0.29) is 6.61 Å². The van der Waals surface area contributed by atoms with Gasteiger partial charge in [0.25, 0.3) is 0 Å². The SMILES string of the molecule is COC(=O)c1cccc2c1nc(Nc1cccc(Cl)c1)c1ccncc12.OCc1cccc2c1nc(Nc1cccc(Cl)c1)c1ccncc12. The molecule has 0 saturated carbocycles. The number of hydrogen-bond acceptors (Lipinski definition) is 9. The summed E-state index contributed by atoms with van der Waals surface area (Å²) in [6.07, 6.45) is 7.05. The van der Waals surface area contributed by atoms with Crippen LogP contribution in [0.25, 0.3) is 43.4 Å². The van der Waals surface area contributed by atoms with Crippen molar-refractivity contribution in [2.45, 2.75) is 6.61 Å². The number of hydrogen-bond donors (Lipinski definition) is 3. The smallest absolute Gasteiger partial charge is 0.340 e. The third kappa shape index (κ3) is 6.57. The van der Waals surface area contributed by atoms with Crippen LogP contribution in [0.4, 0.5) is 23.0 Å². The minimum atomic E-state index is -0.431. The van der Waals surface area contributed by atoms with Gasteiger partial charge in [-0.05, 0) is 54.6 Å². The van der Waals surface area contributed by atoms with Crippen LogP contribution in [0.2, 0.25) is 10.0 Å². The lowest BCUT2D eigenvalue weighted by Gasteiger charge is -2.13. The molecule has 0 atom stereocenters. The Morgan fingerprint density at radius 2 is 1.18 bits per heavy atom. The maximum absolute atomic E-state index is 12.2. The number of pyridine rings is 4. The van der Waals surface area contributed by atoms with Crippen molar-refractivity contribution in [2.24, 2.45) is 0 Å². The molecule has 0 saturated heterocycles. The van der Waals surface area contributed by atoms with Gasteiger partial charge in [-0.3, -0.25) is 9.97 Å². The predicted octanol–water partition coefficient (Wildman–Crippen LogP) is 9.64. The zero-order valence-corrected chi connectivity index (χ0v) is 28.1. The van der Waals surface area contributed by atoms with Gasteiger partial charge in [-0.1, -0.05) is 65.7 Å². The Morgan fingerprint density at radius 3 is 1.72 bits per heavy atom. The number of nitrogens with one attached hydrogen (secondary N) is 2. The van der Waals surface area contributed by atoms with E-state index < -0.39 is 5.97 Å². The van der Waals surface area contributed by atoms with Crippen LogP contribution in [0.1, 0.15) is 15.9 Å². The van der Waals surface area contributed by atoms with Crippen LogP contribution in [0, 0.1) is 0 Å². The van der Waals surface area contributed by atoms with Gasteiger partial charge in [-0.15, -0.1) is 0 Å². The largest absolute Gasteiger partial charge is 0.465 e. The van der Waals surface area contributed by atoms with Crippen LogP contribution in [0.15, 0.2) is 122 Å². The molecule has 0 fully saturated rings. The molecule has 0 amide bonds. The van der Waals surface area contributed by atoms with Gasteiger partial charge in [-0.25, -0.2) is 14.8 Å². The Morgan fingerprint density at radius 1 is 0.660 bits per heavy atom. The molecule has 0 aliphatic heterocycles. The van der Waals surface area contributed by atoms with Crippen LogP contribution < -0.4 is 10.6 Å². The second-order valence-electron chi connectivity index (χ2n) is 11.2. The number of aliphatic hydroxyl groups is 1. The summed E-state index contributed by atoms with van der Waals surface area (Å²) in [5, 5.41) is 23.1. The minimum absolute atomic E-state index is 0.0628. The third-order valence-corrected chi connectivity index (χ3v) is 8.56. The number of benzene rings is 4. The summed E-state index contributed by atoms with van der Waals surface area (Å²) in [7, 11) is 1.36. The van der Waals surface area contributed by atoms with E-state index in [1.807, 2.05) is 91.1 Å². The number of esters is 1. The molecule has 4 aromatic heterocycles. The lowest BCUT2D eigenvalue weighted by Crippen LogP contribution is -2.04. The van der Waals surface area contributed by atoms with Crippen molar-refractivity contribution in [2.75, 3.05) is 17.7 Å². The van der Waals surface area contributed by atoms with Crippen LogP contribution in [-0.2, 0) is 11.3 Å². The first-order valence-electron chi connectivity index (χ1n) is 15.5. The zero-order valence-electron chi connectivity index (χ0n) is 26.6. The number of carbonyl (C=O) groups is 1. The summed E-state index contributed by atoms with van der Waals surface area (Å²) in [4.78, 5) is 30.1. The van der Waals surface area contributed by atoms with Crippen molar-refractivity contribution in [3.63, 3.8) is 0 Å². The number of carbonyl (C=O) groups excluding carboxylic acids is 1. The van der Waals surface area contributed by atoms with E-state index in [0.29, 0.717) is 32.8 Å². The van der Waals surface area contributed by atoms with E-state index in [1.54, 1.807) is 30.7 Å². The lowest BCUT2D eigenvalue weighted by molar-refractivity contribution is 0.0602. The molecular formula is C39H28Cl2N6O3. The van der Waals surface area contributed by atoms with Gasteiger partial charge in [-0.2, -0.15) is 0 Å². The molecule has 4 aromatic carbocycles. The Bertz CT molecular complexity index is 2550. The highest BCUT2D eigenvalue weighted by Crippen LogP contribution is 2.34. The van der Waals surface area contributed by atoms with Crippen molar-refractivity contribution in [1.82, 2.24) is 19.9 Å². The highest BCUT2D eigenvalue weighted by Gasteiger charge is 2.16. The highest BCUT2D eigenvalue weighted by atomic mass is 35.5. The first kappa shape index (κ1) is 32.7. The fourth-order valence-corrected chi connectivity index (χ4v) is 6.18. The zero-order chi connectivity index (χ0) is 34.6. The molecule has 3 N–H and O–H groups in total. The molecule has 8 rings (SSSR count). The van der Waals surface area contributed by atoms with Gasteiger partial charge in [0.1, 0.15) is 11.6 Å².